The molecule has 1 aromatic heterocycles. The van der Waals surface area contributed by atoms with E-state index in [0.29, 0.717) is 32.3 Å². The molecule has 1 heterocycles. The highest BCUT2D eigenvalue weighted by Crippen LogP contribution is 2.26. The topological polar surface area (TPSA) is 81.5 Å². The highest BCUT2D eigenvalue weighted by molar-refractivity contribution is 5.77. The van der Waals surface area contributed by atoms with Crippen LogP contribution in [0.5, 0.6) is 11.9 Å². The third kappa shape index (κ3) is 5.39. The second-order valence-corrected chi connectivity index (χ2v) is 6.55. The lowest BCUT2D eigenvalue weighted by atomic mass is 9.97. The zero-order valence-corrected chi connectivity index (χ0v) is 16.4. The zero-order valence-electron chi connectivity index (χ0n) is 16.4. The maximum atomic E-state index is 11.2. The van der Waals surface area contributed by atoms with Crippen LogP contribution in [0.3, 0.4) is 0 Å². The molecule has 0 atom stereocenters. The van der Waals surface area contributed by atoms with E-state index < -0.39 is 0 Å². The lowest BCUT2D eigenvalue weighted by Gasteiger charge is -2.13. The molecular formula is C23H24N2O4. The Balaban J connectivity index is 1.72. The van der Waals surface area contributed by atoms with E-state index in [4.69, 9.17) is 14.6 Å². The van der Waals surface area contributed by atoms with Gasteiger partial charge in [0.2, 0.25) is 5.88 Å². The minimum atomic E-state index is 0.101. The summed E-state index contributed by atoms with van der Waals surface area (Å²) < 4.78 is 11.3. The molecule has 150 valence electrons. The summed E-state index contributed by atoms with van der Waals surface area (Å²) in [5, 5.41) is 8.84. The van der Waals surface area contributed by atoms with Crippen molar-refractivity contribution in [2.75, 3.05) is 13.2 Å². The van der Waals surface area contributed by atoms with Crippen LogP contribution in [-0.2, 0) is 6.61 Å². The second-order valence-electron chi connectivity index (χ2n) is 6.55. The smallest absolute Gasteiger partial charge is 0.320 e. The molecule has 1 N–H and O–H groups in total. The third-order valence-corrected chi connectivity index (χ3v) is 4.56. The van der Waals surface area contributed by atoms with Gasteiger partial charge in [-0.15, -0.1) is 0 Å². The van der Waals surface area contributed by atoms with Crippen LogP contribution in [0, 0.1) is 6.92 Å². The second kappa shape index (κ2) is 10.3. The number of hydrogen-bond acceptors (Lipinski definition) is 6. The SMILES string of the molecule is Cc1c(COc2ncc(C=O)c(OCCCCO)n2)cccc1-c1ccccc1. The fourth-order valence-corrected chi connectivity index (χ4v) is 2.92. The predicted octanol–water partition coefficient (Wildman–Crippen LogP) is 3.99. The van der Waals surface area contributed by atoms with Crippen molar-refractivity contribution in [3.63, 3.8) is 0 Å². The highest BCUT2D eigenvalue weighted by atomic mass is 16.5. The maximum absolute atomic E-state index is 11.2. The van der Waals surface area contributed by atoms with Gasteiger partial charge in [-0.3, -0.25) is 4.79 Å². The van der Waals surface area contributed by atoms with Gasteiger partial charge in [0.05, 0.1) is 12.2 Å². The standard InChI is InChI=1S/C23H24N2O4/c1-17-19(10-7-11-21(17)18-8-3-2-4-9-18)16-29-23-24-14-20(15-27)22(25-23)28-13-6-5-12-26/h2-4,7-11,14-15,26H,5-6,12-13,16H2,1H3. The summed E-state index contributed by atoms with van der Waals surface area (Å²) >= 11 is 0. The summed E-state index contributed by atoms with van der Waals surface area (Å²) in [5.41, 5.74) is 4.72. The van der Waals surface area contributed by atoms with Crippen LogP contribution >= 0.6 is 0 Å². The van der Waals surface area contributed by atoms with E-state index in [1.165, 1.54) is 6.20 Å². The minimum Gasteiger partial charge on any atom is -0.477 e. The van der Waals surface area contributed by atoms with Crippen LogP contribution in [0.15, 0.2) is 54.7 Å². The summed E-state index contributed by atoms with van der Waals surface area (Å²) in [4.78, 5) is 19.5. The van der Waals surface area contributed by atoms with Gasteiger partial charge in [0.15, 0.2) is 6.29 Å². The maximum Gasteiger partial charge on any atom is 0.320 e. The first-order chi connectivity index (χ1) is 14.2. The molecule has 0 fully saturated rings. The number of benzene rings is 2. The number of hydrogen-bond donors (Lipinski definition) is 1. The minimum absolute atomic E-state index is 0.101. The molecule has 6 heteroatoms. The number of carbonyl (C=O) groups is 1. The molecule has 0 aliphatic heterocycles. The molecule has 6 nitrogen and oxygen atoms in total. The molecular weight excluding hydrogens is 368 g/mol. The summed E-state index contributed by atoms with van der Waals surface area (Å²) in [7, 11) is 0. The van der Waals surface area contributed by atoms with Gasteiger partial charge in [-0.1, -0.05) is 48.5 Å². The number of rotatable bonds is 10. The van der Waals surface area contributed by atoms with Gasteiger partial charge >= 0.3 is 6.01 Å². The summed E-state index contributed by atoms with van der Waals surface area (Å²) in [6.45, 7) is 2.82. The van der Waals surface area contributed by atoms with Crippen molar-refractivity contribution in [2.24, 2.45) is 0 Å². The Hall–Kier alpha value is -3.25. The van der Waals surface area contributed by atoms with E-state index >= 15 is 0 Å². The van der Waals surface area contributed by atoms with E-state index in [1.807, 2.05) is 30.3 Å². The molecule has 0 aliphatic carbocycles. The van der Waals surface area contributed by atoms with Crippen molar-refractivity contribution >= 4 is 6.29 Å². The molecule has 3 rings (SSSR count). The number of aliphatic hydroxyl groups is 1. The van der Waals surface area contributed by atoms with E-state index in [2.05, 4.69) is 35.1 Å². The quantitative estimate of drug-likeness (QED) is 0.415. The first kappa shape index (κ1) is 20.5. The molecule has 3 aromatic rings. The molecule has 0 bridgehead atoms. The summed E-state index contributed by atoms with van der Waals surface area (Å²) in [6, 6.07) is 16.4. The largest absolute Gasteiger partial charge is 0.477 e. The van der Waals surface area contributed by atoms with Gasteiger partial charge < -0.3 is 14.6 Å². The van der Waals surface area contributed by atoms with Gasteiger partial charge in [0.1, 0.15) is 6.61 Å². The molecule has 0 saturated carbocycles. The summed E-state index contributed by atoms with van der Waals surface area (Å²) in [5.74, 6) is 0.192. The van der Waals surface area contributed by atoms with Crippen molar-refractivity contribution in [3.05, 3.63) is 71.4 Å². The monoisotopic (exact) mass is 392 g/mol. The molecule has 0 spiro atoms. The van der Waals surface area contributed by atoms with Gasteiger partial charge in [0, 0.05) is 12.8 Å². The lowest BCUT2D eigenvalue weighted by molar-refractivity contribution is 0.111. The number of ether oxygens (including phenoxy) is 2. The van der Waals surface area contributed by atoms with Crippen LogP contribution in [0.2, 0.25) is 0 Å². The average Bonchev–Trinajstić information content (AvgIpc) is 2.77. The lowest BCUT2D eigenvalue weighted by Crippen LogP contribution is -2.07. The van der Waals surface area contributed by atoms with Crippen molar-refractivity contribution < 1.29 is 19.4 Å². The fraction of sp³-hybridized carbons (Fsp3) is 0.261. The van der Waals surface area contributed by atoms with Gasteiger partial charge in [-0.25, -0.2) is 4.98 Å². The van der Waals surface area contributed by atoms with E-state index in [0.717, 1.165) is 22.3 Å². The Morgan fingerprint density at radius 1 is 1.03 bits per heavy atom. The van der Waals surface area contributed by atoms with Crippen molar-refractivity contribution in [2.45, 2.75) is 26.4 Å². The Kier molecular flexibility index (Phi) is 7.30. The van der Waals surface area contributed by atoms with Gasteiger partial charge in [-0.2, -0.15) is 4.98 Å². The number of nitrogens with zero attached hydrogens (tertiary/aromatic N) is 2. The Morgan fingerprint density at radius 2 is 1.86 bits per heavy atom. The van der Waals surface area contributed by atoms with Gasteiger partial charge in [-0.05, 0) is 42.0 Å². The fourth-order valence-electron chi connectivity index (χ4n) is 2.92. The van der Waals surface area contributed by atoms with E-state index in [1.54, 1.807) is 0 Å². The Labute approximate surface area is 170 Å². The first-order valence-electron chi connectivity index (χ1n) is 9.55. The molecule has 2 aromatic carbocycles. The van der Waals surface area contributed by atoms with Crippen LogP contribution < -0.4 is 9.47 Å². The van der Waals surface area contributed by atoms with Crippen LogP contribution in [-0.4, -0.2) is 34.6 Å². The van der Waals surface area contributed by atoms with Crippen molar-refractivity contribution in [1.29, 1.82) is 0 Å². The van der Waals surface area contributed by atoms with Gasteiger partial charge in [0.25, 0.3) is 0 Å². The Morgan fingerprint density at radius 3 is 2.62 bits per heavy atom. The third-order valence-electron chi connectivity index (χ3n) is 4.56. The molecule has 0 aliphatic rings. The van der Waals surface area contributed by atoms with E-state index in [-0.39, 0.29) is 24.1 Å². The number of aldehydes is 1. The normalized spacial score (nSPS) is 10.6. The van der Waals surface area contributed by atoms with Crippen LogP contribution in [0.4, 0.5) is 0 Å². The molecule has 0 saturated heterocycles. The molecule has 0 amide bonds. The predicted molar refractivity (Wildman–Crippen MR) is 110 cm³/mol. The first-order valence-corrected chi connectivity index (χ1v) is 9.55. The number of unbranched alkanes of at least 4 members (excludes halogenated alkanes) is 1. The van der Waals surface area contributed by atoms with Crippen LogP contribution in [0.25, 0.3) is 11.1 Å². The van der Waals surface area contributed by atoms with E-state index in [9.17, 15) is 4.79 Å². The average molecular weight is 392 g/mol. The Bertz CT molecular complexity index is 945. The van der Waals surface area contributed by atoms with Crippen molar-refractivity contribution in [3.8, 4) is 23.0 Å². The number of aliphatic hydroxyl groups excluding tert-OH is 1. The summed E-state index contributed by atoms with van der Waals surface area (Å²) in [6.07, 6.45) is 3.34. The molecule has 29 heavy (non-hydrogen) atoms. The zero-order chi connectivity index (χ0) is 20.5. The number of carbonyl (C=O) groups excluding carboxylic acids is 1. The number of aromatic nitrogens is 2. The molecule has 0 radical (unpaired) electrons. The van der Waals surface area contributed by atoms with Crippen LogP contribution in [0.1, 0.15) is 34.3 Å². The molecule has 0 unspecified atom stereocenters. The van der Waals surface area contributed by atoms with Crippen molar-refractivity contribution in [1.82, 2.24) is 9.97 Å². The highest BCUT2D eigenvalue weighted by Gasteiger charge is 2.11.